The minimum atomic E-state index is -0.383. The monoisotopic (exact) mass is 356 g/mol. The number of nitro groups is 1. The number of rotatable bonds is 9. The molecular formula is C18H24N6O2. The quantitative estimate of drug-likeness (QED) is 0.527. The van der Waals surface area contributed by atoms with E-state index in [1.807, 2.05) is 26.2 Å². The lowest BCUT2D eigenvalue weighted by Gasteiger charge is -2.13. The number of aromatic nitrogens is 2. The summed E-state index contributed by atoms with van der Waals surface area (Å²) in [5.74, 6) is 1.88. The van der Waals surface area contributed by atoms with Crippen molar-refractivity contribution in [2.75, 3.05) is 37.8 Å². The molecule has 1 aliphatic carbocycles. The maximum absolute atomic E-state index is 10.9. The fourth-order valence-electron chi connectivity index (χ4n) is 2.59. The highest BCUT2D eigenvalue weighted by molar-refractivity contribution is 5.45. The summed E-state index contributed by atoms with van der Waals surface area (Å²) in [5.41, 5.74) is 1.98. The van der Waals surface area contributed by atoms with Gasteiger partial charge in [-0.2, -0.15) is 4.98 Å². The van der Waals surface area contributed by atoms with Gasteiger partial charge < -0.3 is 15.5 Å². The zero-order chi connectivity index (χ0) is 18.5. The summed E-state index contributed by atoms with van der Waals surface area (Å²) < 4.78 is 0. The predicted molar refractivity (Wildman–Crippen MR) is 101 cm³/mol. The van der Waals surface area contributed by atoms with Crippen LogP contribution in [0.5, 0.6) is 0 Å². The van der Waals surface area contributed by atoms with Gasteiger partial charge in [0.1, 0.15) is 5.82 Å². The van der Waals surface area contributed by atoms with Crippen LogP contribution in [0.15, 0.2) is 30.3 Å². The van der Waals surface area contributed by atoms with Crippen LogP contribution in [0.25, 0.3) is 0 Å². The first-order chi connectivity index (χ1) is 12.5. The Hall–Kier alpha value is -2.74. The molecule has 1 heterocycles. The SMILES string of the molecule is CN(C)CCNc1nc(NCc2cccc([N+](=O)[O-])c2)cc(C2CC2)n1. The van der Waals surface area contributed by atoms with Crippen molar-refractivity contribution < 1.29 is 4.92 Å². The van der Waals surface area contributed by atoms with Crippen molar-refractivity contribution in [3.63, 3.8) is 0 Å². The van der Waals surface area contributed by atoms with Crippen LogP contribution in [0.2, 0.25) is 0 Å². The summed E-state index contributed by atoms with van der Waals surface area (Å²) in [6, 6.07) is 8.60. The van der Waals surface area contributed by atoms with Crippen LogP contribution in [0, 0.1) is 10.1 Å². The van der Waals surface area contributed by atoms with Crippen LogP contribution >= 0.6 is 0 Å². The summed E-state index contributed by atoms with van der Waals surface area (Å²) in [6.45, 7) is 2.14. The molecule has 2 aromatic rings. The third kappa shape index (κ3) is 5.13. The Kier molecular flexibility index (Phi) is 5.62. The van der Waals surface area contributed by atoms with E-state index in [0.717, 1.165) is 30.2 Å². The summed E-state index contributed by atoms with van der Waals surface area (Å²) in [4.78, 5) is 21.8. The Bertz CT molecular complexity index is 776. The molecular weight excluding hydrogens is 332 g/mol. The number of hydrogen-bond acceptors (Lipinski definition) is 7. The fourth-order valence-corrected chi connectivity index (χ4v) is 2.59. The topological polar surface area (TPSA) is 96.2 Å². The molecule has 0 saturated heterocycles. The van der Waals surface area contributed by atoms with Crippen LogP contribution < -0.4 is 10.6 Å². The van der Waals surface area contributed by atoms with Crippen molar-refractivity contribution in [2.24, 2.45) is 0 Å². The number of nitrogens with one attached hydrogen (secondary N) is 2. The number of anilines is 2. The van der Waals surface area contributed by atoms with E-state index in [4.69, 9.17) is 0 Å². The number of benzene rings is 1. The molecule has 0 amide bonds. The first-order valence-corrected chi connectivity index (χ1v) is 8.76. The van der Waals surface area contributed by atoms with Crippen molar-refractivity contribution in [1.82, 2.24) is 14.9 Å². The van der Waals surface area contributed by atoms with Crippen molar-refractivity contribution in [1.29, 1.82) is 0 Å². The average molecular weight is 356 g/mol. The van der Waals surface area contributed by atoms with Crippen molar-refractivity contribution in [2.45, 2.75) is 25.3 Å². The van der Waals surface area contributed by atoms with Crippen LogP contribution in [0.4, 0.5) is 17.5 Å². The van der Waals surface area contributed by atoms with E-state index in [0.29, 0.717) is 18.4 Å². The van der Waals surface area contributed by atoms with Gasteiger partial charge in [-0.1, -0.05) is 12.1 Å². The van der Waals surface area contributed by atoms with E-state index in [9.17, 15) is 10.1 Å². The standard InChI is InChI=1S/C18H24N6O2/c1-23(2)9-8-19-18-21-16(14-6-7-14)11-17(22-18)20-12-13-4-3-5-15(10-13)24(25)26/h3-5,10-11,14H,6-9,12H2,1-2H3,(H2,19,20,21,22). The number of likely N-dealkylation sites (N-methyl/N-ethyl adjacent to an activating group) is 1. The first-order valence-electron chi connectivity index (χ1n) is 8.76. The van der Waals surface area contributed by atoms with Gasteiger partial charge in [0.25, 0.3) is 5.69 Å². The van der Waals surface area contributed by atoms with Crippen molar-refractivity contribution in [3.05, 3.63) is 51.7 Å². The zero-order valence-corrected chi connectivity index (χ0v) is 15.1. The molecule has 1 saturated carbocycles. The van der Waals surface area contributed by atoms with Crippen molar-refractivity contribution in [3.8, 4) is 0 Å². The highest BCUT2D eigenvalue weighted by Gasteiger charge is 2.26. The molecule has 0 radical (unpaired) electrons. The molecule has 2 N–H and O–H groups in total. The maximum Gasteiger partial charge on any atom is 0.269 e. The first kappa shape index (κ1) is 18.1. The van der Waals surface area contributed by atoms with Crippen molar-refractivity contribution >= 4 is 17.5 Å². The number of hydrogen-bond donors (Lipinski definition) is 2. The molecule has 1 aromatic heterocycles. The van der Waals surface area contributed by atoms with Gasteiger partial charge in [-0.3, -0.25) is 10.1 Å². The lowest BCUT2D eigenvalue weighted by atomic mass is 10.2. The Morgan fingerprint density at radius 2 is 2.04 bits per heavy atom. The Morgan fingerprint density at radius 1 is 1.23 bits per heavy atom. The lowest BCUT2D eigenvalue weighted by Crippen LogP contribution is -2.21. The molecule has 8 nitrogen and oxygen atoms in total. The molecule has 0 unspecified atom stereocenters. The van der Waals surface area contributed by atoms with Gasteiger partial charge in [0.15, 0.2) is 0 Å². The van der Waals surface area contributed by atoms with Gasteiger partial charge in [0.05, 0.1) is 10.6 Å². The molecule has 0 spiro atoms. The highest BCUT2D eigenvalue weighted by Crippen LogP contribution is 2.39. The number of nitrogens with zero attached hydrogens (tertiary/aromatic N) is 4. The third-order valence-corrected chi connectivity index (χ3v) is 4.18. The molecule has 1 aliphatic rings. The van der Waals surface area contributed by atoms with E-state index in [2.05, 4.69) is 25.5 Å². The van der Waals surface area contributed by atoms with Gasteiger partial charge in [0.2, 0.25) is 5.95 Å². The van der Waals surface area contributed by atoms with Gasteiger partial charge >= 0.3 is 0 Å². The van der Waals surface area contributed by atoms with Crippen LogP contribution in [0.1, 0.15) is 30.0 Å². The van der Waals surface area contributed by atoms with Crippen LogP contribution in [0.3, 0.4) is 0 Å². The normalized spacial score (nSPS) is 13.7. The molecule has 26 heavy (non-hydrogen) atoms. The Morgan fingerprint density at radius 3 is 2.73 bits per heavy atom. The van der Waals surface area contributed by atoms with Gasteiger partial charge in [-0.15, -0.1) is 0 Å². The van der Waals surface area contributed by atoms with E-state index < -0.39 is 0 Å². The second kappa shape index (κ2) is 8.09. The minimum absolute atomic E-state index is 0.0942. The second-order valence-electron chi connectivity index (χ2n) is 6.79. The second-order valence-corrected chi connectivity index (χ2v) is 6.79. The van der Waals surface area contributed by atoms with E-state index in [1.165, 1.54) is 18.9 Å². The summed E-state index contributed by atoms with van der Waals surface area (Å²) in [5, 5.41) is 17.4. The molecule has 0 atom stereocenters. The molecule has 0 bridgehead atoms. The van der Waals surface area contributed by atoms with Gasteiger partial charge in [-0.05, 0) is 32.5 Å². The average Bonchev–Trinajstić information content (AvgIpc) is 3.45. The molecule has 3 rings (SSSR count). The lowest BCUT2D eigenvalue weighted by molar-refractivity contribution is -0.384. The largest absolute Gasteiger partial charge is 0.366 e. The highest BCUT2D eigenvalue weighted by atomic mass is 16.6. The summed E-state index contributed by atoms with van der Waals surface area (Å²) >= 11 is 0. The summed E-state index contributed by atoms with van der Waals surface area (Å²) in [7, 11) is 4.05. The molecule has 8 heteroatoms. The smallest absolute Gasteiger partial charge is 0.269 e. The number of non-ortho nitro benzene ring substituents is 1. The Balaban J connectivity index is 1.69. The van der Waals surface area contributed by atoms with Crippen LogP contribution in [-0.4, -0.2) is 47.0 Å². The zero-order valence-electron chi connectivity index (χ0n) is 15.1. The predicted octanol–water partition coefficient (Wildman–Crippen LogP) is 2.85. The molecule has 1 aromatic carbocycles. The van der Waals surface area contributed by atoms with Crippen LogP contribution in [-0.2, 0) is 6.54 Å². The minimum Gasteiger partial charge on any atom is -0.366 e. The fraction of sp³-hybridized carbons (Fsp3) is 0.444. The molecule has 1 fully saturated rings. The van der Waals surface area contributed by atoms with Gasteiger partial charge in [-0.25, -0.2) is 4.98 Å². The van der Waals surface area contributed by atoms with Gasteiger partial charge in [0, 0.05) is 43.8 Å². The number of nitro benzene ring substituents is 1. The summed E-state index contributed by atoms with van der Waals surface area (Å²) in [6.07, 6.45) is 2.33. The van der Waals surface area contributed by atoms with E-state index in [-0.39, 0.29) is 10.6 Å². The van der Waals surface area contributed by atoms with E-state index >= 15 is 0 Å². The molecule has 0 aliphatic heterocycles. The Labute approximate surface area is 152 Å². The third-order valence-electron chi connectivity index (χ3n) is 4.18. The van der Waals surface area contributed by atoms with E-state index in [1.54, 1.807) is 12.1 Å². The molecule has 138 valence electrons. The maximum atomic E-state index is 10.9.